The van der Waals surface area contributed by atoms with Crippen LogP contribution >= 0.6 is 0 Å². The predicted octanol–water partition coefficient (Wildman–Crippen LogP) is 6.35. The number of nitrogens with zero attached hydrogens (tertiary/aromatic N) is 1. The number of carbonyl (C=O) groups excluding carboxylic acids is 3. The maximum atomic E-state index is 14.3. The summed E-state index contributed by atoms with van der Waals surface area (Å²) in [6.45, 7) is 13.0. The molecule has 3 N–H and O–H groups in total. The van der Waals surface area contributed by atoms with E-state index >= 15 is 0 Å². The number of anilines is 1. The molecule has 3 amide bonds. The van der Waals surface area contributed by atoms with Crippen LogP contribution in [0.15, 0.2) is 42.5 Å². The number of unbranched alkanes of at least 4 members (excludes halogenated alkanes) is 3. The van der Waals surface area contributed by atoms with Crippen LogP contribution in [0.5, 0.6) is 11.5 Å². The Bertz CT molecular complexity index is 1160. The van der Waals surface area contributed by atoms with Gasteiger partial charge in [0.15, 0.2) is 0 Å². The molecular formula is C32H47N3O6. The van der Waals surface area contributed by atoms with Crippen LogP contribution in [0.4, 0.5) is 10.5 Å². The zero-order valence-corrected chi connectivity index (χ0v) is 25.7. The van der Waals surface area contributed by atoms with Gasteiger partial charge in [0.05, 0.1) is 7.11 Å². The Labute approximate surface area is 244 Å². The minimum absolute atomic E-state index is 0.0602. The lowest BCUT2D eigenvalue weighted by molar-refractivity contribution is -0.141. The number of hydrogen-bond donors (Lipinski definition) is 3. The van der Waals surface area contributed by atoms with E-state index in [1.165, 1.54) is 4.90 Å². The third kappa shape index (κ3) is 9.99. The van der Waals surface area contributed by atoms with E-state index < -0.39 is 35.6 Å². The van der Waals surface area contributed by atoms with Gasteiger partial charge in [-0.3, -0.25) is 9.59 Å². The molecule has 9 nitrogen and oxygen atoms in total. The van der Waals surface area contributed by atoms with E-state index in [1.54, 1.807) is 77.3 Å². The summed E-state index contributed by atoms with van der Waals surface area (Å²) in [6, 6.07) is 9.88. The second kappa shape index (κ2) is 15.3. The molecule has 2 aromatic rings. The van der Waals surface area contributed by atoms with E-state index in [1.807, 2.05) is 13.8 Å². The number of alkyl carbamates (subject to hydrolysis) is 1. The second-order valence-corrected chi connectivity index (χ2v) is 11.6. The van der Waals surface area contributed by atoms with Gasteiger partial charge in [0, 0.05) is 17.8 Å². The first-order valence-corrected chi connectivity index (χ1v) is 14.3. The SMILES string of the molecule is CCCCCCN(C(=O)C(NC(=O)OC(C)(C)C)C(C)C)C(C(=O)Nc1ccc(OC)cc1)c1cccc(C)c1O. The molecule has 0 aliphatic carbocycles. The van der Waals surface area contributed by atoms with Gasteiger partial charge in [-0.1, -0.05) is 58.2 Å². The molecule has 2 atom stereocenters. The van der Waals surface area contributed by atoms with Gasteiger partial charge >= 0.3 is 6.09 Å². The smallest absolute Gasteiger partial charge is 0.408 e. The molecule has 0 aromatic heterocycles. The van der Waals surface area contributed by atoms with Crippen molar-refractivity contribution in [3.8, 4) is 11.5 Å². The van der Waals surface area contributed by atoms with E-state index in [0.717, 1.165) is 19.3 Å². The molecule has 41 heavy (non-hydrogen) atoms. The lowest BCUT2D eigenvalue weighted by Crippen LogP contribution is -2.54. The second-order valence-electron chi connectivity index (χ2n) is 11.6. The average Bonchev–Trinajstić information content (AvgIpc) is 2.90. The van der Waals surface area contributed by atoms with Crippen LogP contribution in [0.2, 0.25) is 0 Å². The van der Waals surface area contributed by atoms with Crippen molar-refractivity contribution in [2.45, 2.75) is 91.8 Å². The molecule has 0 aliphatic heterocycles. The summed E-state index contributed by atoms with van der Waals surface area (Å²) < 4.78 is 10.7. The highest BCUT2D eigenvalue weighted by Crippen LogP contribution is 2.34. The Morgan fingerprint density at radius 2 is 1.66 bits per heavy atom. The molecule has 0 spiro atoms. The predicted molar refractivity (Wildman–Crippen MR) is 161 cm³/mol. The number of benzene rings is 2. The van der Waals surface area contributed by atoms with E-state index in [0.29, 0.717) is 29.0 Å². The molecule has 0 bridgehead atoms. The summed E-state index contributed by atoms with van der Waals surface area (Å²) in [5.74, 6) is -0.645. The van der Waals surface area contributed by atoms with Crippen molar-refractivity contribution in [1.82, 2.24) is 10.2 Å². The highest BCUT2D eigenvalue weighted by molar-refractivity contribution is 5.99. The van der Waals surface area contributed by atoms with Gasteiger partial charge in [0.2, 0.25) is 5.91 Å². The molecule has 9 heteroatoms. The number of para-hydroxylation sites is 1. The van der Waals surface area contributed by atoms with Crippen molar-refractivity contribution in [1.29, 1.82) is 0 Å². The monoisotopic (exact) mass is 569 g/mol. The molecule has 2 unspecified atom stereocenters. The highest BCUT2D eigenvalue weighted by Gasteiger charge is 2.38. The van der Waals surface area contributed by atoms with Crippen molar-refractivity contribution >= 4 is 23.6 Å². The van der Waals surface area contributed by atoms with Crippen molar-refractivity contribution < 1.29 is 29.0 Å². The summed E-state index contributed by atoms with van der Waals surface area (Å²) in [7, 11) is 1.56. The van der Waals surface area contributed by atoms with Crippen LogP contribution in [0, 0.1) is 12.8 Å². The van der Waals surface area contributed by atoms with Crippen molar-refractivity contribution in [3.05, 3.63) is 53.6 Å². The van der Waals surface area contributed by atoms with Crippen LogP contribution < -0.4 is 15.4 Å². The van der Waals surface area contributed by atoms with Gasteiger partial charge in [-0.25, -0.2) is 4.79 Å². The third-order valence-electron chi connectivity index (χ3n) is 6.62. The summed E-state index contributed by atoms with van der Waals surface area (Å²) in [5.41, 5.74) is 0.650. The van der Waals surface area contributed by atoms with Gasteiger partial charge in [-0.05, 0) is 69.9 Å². The van der Waals surface area contributed by atoms with Gasteiger partial charge in [0.1, 0.15) is 29.2 Å². The fourth-order valence-electron chi connectivity index (χ4n) is 4.44. The Morgan fingerprint density at radius 1 is 1.00 bits per heavy atom. The molecule has 2 aromatic carbocycles. The zero-order valence-electron chi connectivity index (χ0n) is 25.7. The quantitative estimate of drug-likeness (QED) is 0.242. The minimum atomic E-state index is -1.16. The fraction of sp³-hybridized carbons (Fsp3) is 0.531. The highest BCUT2D eigenvalue weighted by atomic mass is 16.6. The maximum absolute atomic E-state index is 14.3. The normalized spacial score (nSPS) is 12.8. The van der Waals surface area contributed by atoms with Crippen LogP contribution in [0.1, 0.15) is 84.4 Å². The number of hydrogen-bond acceptors (Lipinski definition) is 6. The third-order valence-corrected chi connectivity index (χ3v) is 6.62. The van der Waals surface area contributed by atoms with Crippen molar-refractivity contribution in [2.24, 2.45) is 5.92 Å². The number of phenolic OH excluding ortho intramolecular Hbond substituents is 1. The maximum Gasteiger partial charge on any atom is 0.408 e. The van der Waals surface area contributed by atoms with Gasteiger partial charge in [-0.2, -0.15) is 0 Å². The van der Waals surface area contributed by atoms with E-state index in [4.69, 9.17) is 9.47 Å². The van der Waals surface area contributed by atoms with E-state index in [9.17, 15) is 19.5 Å². The molecule has 0 fully saturated rings. The summed E-state index contributed by atoms with van der Waals surface area (Å²) in [4.78, 5) is 42.5. The largest absolute Gasteiger partial charge is 0.507 e. The molecule has 0 saturated heterocycles. The van der Waals surface area contributed by atoms with Crippen molar-refractivity contribution in [3.63, 3.8) is 0 Å². The van der Waals surface area contributed by atoms with Crippen LogP contribution in [-0.4, -0.2) is 53.2 Å². The average molecular weight is 570 g/mol. The molecule has 0 aliphatic rings. The molecule has 226 valence electrons. The van der Waals surface area contributed by atoms with E-state index in [2.05, 4.69) is 17.6 Å². The number of amides is 3. The number of carbonyl (C=O) groups is 3. The number of ether oxygens (including phenoxy) is 2. The van der Waals surface area contributed by atoms with Crippen LogP contribution in [0.25, 0.3) is 0 Å². The number of aromatic hydroxyl groups is 1. The van der Waals surface area contributed by atoms with Gasteiger partial charge < -0.3 is 30.1 Å². The van der Waals surface area contributed by atoms with Crippen molar-refractivity contribution in [2.75, 3.05) is 19.0 Å². The Hall–Kier alpha value is -3.75. The number of rotatable bonds is 13. The van der Waals surface area contributed by atoms with Crippen LogP contribution in [-0.2, 0) is 14.3 Å². The molecule has 2 rings (SSSR count). The van der Waals surface area contributed by atoms with E-state index in [-0.39, 0.29) is 18.2 Å². The first kappa shape index (κ1) is 33.5. The number of phenols is 1. The Balaban J connectivity index is 2.57. The molecule has 0 heterocycles. The lowest BCUT2D eigenvalue weighted by Gasteiger charge is -2.36. The first-order chi connectivity index (χ1) is 19.3. The Kier molecular flexibility index (Phi) is 12.5. The Morgan fingerprint density at radius 3 is 2.22 bits per heavy atom. The van der Waals surface area contributed by atoms with Gasteiger partial charge in [-0.15, -0.1) is 0 Å². The lowest BCUT2D eigenvalue weighted by atomic mass is 9.96. The number of methoxy groups -OCH3 is 1. The number of aryl methyl sites for hydroxylation is 1. The fourth-order valence-corrected chi connectivity index (χ4v) is 4.44. The first-order valence-electron chi connectivity index (χ1n) is 14.3. The topological polar surface area (TPSA) is 117 Å². The minimum Gasteiger partial charge on any atom is -0.507 e. The molecule has 0 radical (unpaired) electrons. The van der Waals surface area contributed by atoms with Crippen LogP contribution in [0.3, 0.4) is 0 Å². The summed E-state index contributed by atoms with van der Waals surface area (Å²) in [6.07, 6.45) is 2.77. The molecular weight excluding hydrogens is 522 g/mol. The molecule has 0 saturated carbocycles. The summed E-state index contributed by atoms with van der Waals surface area (Å²) in [5, 5.41) is 16.7. The number of nitrogens with one attached hydrogen (secondary N) is 2. The standard InChI is InChI=1S/C32H47N3O6/c1-9-10-11-12-20-35(30(38)26(21(2)3)34-31(39)41-32(5,6)7)27(25-15-13-14-22(4)28(25)36)29(37)33-23-16-18-24(40-8)19-17-23/h13-19,21,26-27,36H,9-12,20H2,1-8H3,(H,33,37)(H,34,39). The van der Waals surface area contributed by atoms with Gasteiger partial charge in [0.25, 0.3) is 5.91 Å². The zero-order chi connectivity index (χ0) is 30.7. The summed E-state index contributed by atoms with van der Waals surface area (Å²) >= 11 is 0.